The summed E-state index contributed by atoms with van der Waals surface area (Å²) in [5, 5.41) is 10.3. The predicted octanol–water partition coefficient (Wildman–Crippen LogP) is 3.40. The van der Waals surface area contributed by atoms with Gasteiger partial charge in [-0.05, 0) is 30.9 Å². The van der Waals surface area contributed by atoms with E-state index in [0.29, 0.717) is 22.5 Å². The number of amides is 1. The van der Waals surface area contributed by atoms with Crippen molar-refractivity contribution in [3.63, 3.8) is 0 Å². The van der Waals surface area contributed by atoms with E-state index in [0.717, 1.165) is 6.42 Å². The molecule has 0 radical (unpaired) electrons. The zero-order valence-corrected chi connectivity index (χ0v) is 14.4. The van der Waals surface area contributed by atoms with Crippen LogP contribution in [0.2, 0.25) is 0 Å². The molecule has 0 saturated heterocycles. The first-order valence-corrected chi connectivity index (χ1v) is 9.21. The Kier molecular flexibility index (Phi) is 5.50. The van der Waals surface area contributed by atoms with Gasteiger partial charge in [-0.25, -0.2) is 9.37 Å². The van der Waals surface area contributed by atoms with Crippen LogP contribution in [0.15, 0.2) is 29.4 Å². The van der Waals surface area contributed by atoms with Crippen LogP contribution < -0.4 is 5.32 Å². The van der Waals surface area contributed by atoms with Gasteiger partial charge in [0.15, 0.2) is 5.82 Å². The Balaban J connectivity index is 1.54. The number of carbonyl (C=O) groups excluding carboxylic acids is 1. The molecule has 1 fully saturated rings. The number of nitrogens with zero attached hydrogens (tertiary/aromatic N) is 2. The minimum absolute atomic E-state index is 0.00371. The quantitative estimate of drug-likeness (QED) is 0.813. The van der Waals surface area contributed by atoms with Crippen molar-refractivity contribution in [3.8, 4) is 11.4 Å². The number of hydrogen-bond acceptors (Lipinski definition) is 4. The summed E-state index contributed by atoms with van der Waals surface area (Å²) < 4.78 is 13.7. The van der Waals surface area contributed by atoms with Crippen LogP contribution in [0.25, 0.3) is 11.4 Å². The fourth-order valence-electron chi connectivity index (χ4n) is 2.99. The van der Waals surface area contributed by atoms with Crippen LogP contribution >= 0.6 is 11.8 Å². The van der Waals surface area contributed by atoms with E-state index in [2.05, 4.69) is 27.4 Å². The van der Waals surface area contributed by atoms with Crippen LogP contribution in [0.1, 0.15) is 32.6 Å². The topological polar surface area (TPSA) is 70.7 Å². The fraction of sp³-hybridized carbons (Fsp3) is 0.471. The van der Waals surface area contributed by atoms with Crippen molar-refractivity contribution in [1.29, 1.82) is 0 Å². The van der Waals surface area contributed by atoms with E-state index in [9.17, 15) is 9.18 Å². The summed E-state index contributed by atoms with van der Waals surface area (Å²) in [6.45, 7) is 2.19. The molecular weight excluding hydrogens is 327 g/mol. The number of aromatic amines is 1. The summed E-state index contributed by atoms with van der Waals surface area (Å²) in [7, 11) is 0. The summed E-state index contributed by atoms with van der Waals surface area (Å²) in [4.78, 5) is 16.4. The highest BCUT2D eigenvalue weighted by atomic mass is 32.2. The lowest BCUT2D eigenvalue weighted by Crippen LogP contribution is -2.41. The molecule has 0 aliphatic heterocycles. The molecule has 0 unspecified atom stereocenters. The lowest BCUT2D eigenvalue weighted by molar-refractivity contribution is -0.119. The molecule has 7 heteroatoms. The molecule has 2 N–H and O–H groups in total. The zero-order chi connectivity index (χ0) is 16.9. The van der Waals surface area contributed by atoms with Crippen molar-refractivity contribution in [3.05, 3.63) is 30.1 Å². The Hall–Kier alpha value is -1.89. The summed E-state index contributed by atoms with van der Waals surface area (Å²) in [5.41, 5.74) is 0.373. The highest BCUT2D eigenvalue weighted by Gasteiger charge is 2.22. The standard InChI is InChI=1S/C17H21FN4OS/c1-11-6-2-5-9-14(11)19-15(23)10-24-17-20-16(21-22-17)12-7-3-4-8-13(12)18/h3-4,7-8,11,14H,2,5-6,9-10H2,1H3,(H,19,23)(H,20,21,22)/t11-,14-/m1/s1. The largest absolute Gasteiger partial charge is 0.352 e. The molecule has 0 spiro atoms. The molecule has 1 saturated carbocycles. The summed E-state index contributed by atoms with van der Waals surface area (Å²) in [6.07, 6.45) is 4.65. The minimum atomic E-state index is -0.353. The zero-order valence-electron chi connectivity index (χ0n) is 13.6. The van der Waals surface area contributed by atoms with Crippen molar-refractivity contribution < 1.29 is 9.18 Å². The molecule has 1 aromatic heterocycles. The third-order valence-corrected chi connectivity index (χ3v) is 5.23. The van der Waals surface area contributed by atoms with Crippen LogP contribution in [0.4, 0.5) is 4.39 Å². The molecule has 2 aromatic rings. The van der Waals surface area contributed by atoms with Gasteiger partial charge in [0.05, 0.1) is 11.3 Å². The lowest BCUT2D eigenvalue weighted by Gasteiger charge is -2.29. The molecular formula is C17H21FN4OS. The van der Waals surface area contributed by atoms with Gasteiger partial charge in [-0.15, -0.1) is 5.10 Å². The van der Waals surface area contributed by atoms with Crippen LogP contribution in [-0.4, -0.2) is 32.9 Å². The number of nitrogens with one attached hydrogen (secondary N) is 2. The molecule has 24 heavy (non-hydrogen) atoms. The van der Waals surface area contributed by atoms with Crippen LogP contribution in [0, 0.1) is 11.7 Å². The normalized spacial score (nSPS) is 20.8. The van der Waals surface area contributed by atoms with Crippen molar-refractivity contribution >= 4 is 17.7 Å². The van der Waals surface area contributed by atoms with Gasteiger partial charge in [-0.1, -0.05) is 43.7 Å². The number of halogens is 1. The number of thioether (sulfide) groups is 1. The summed E-state index contributed by atoms with van der Waals surface area (Å²) >= 11 is 1.25. The van der Waals surface area contributed by atoms with E-state index in [1.807, 2.05) is 0 Å². The number of H-pyrrole nitrogens is 1. The molecule has 2 atom stereocenters. The molecule has 3 rings (SSSR count). The minimum Gasteiger partial charge on any atom is -0.352 e. The summed E-state index contributed by atoms with van der Waals surface area (Å²) in [5.74, 6) is 0.809. The number of hydrogen-bond donors (Lipinski definition) is 2. The SMILES string of the molecule is C[C@@H]1CCCC[C@H]1NC(=O)CSc1n[nH]c(-c2ccccc2F)n1. The van der Waals surface area contributed by atoms with Crippen molar-refractivity contribution in [2.45, 2.75) is 43.8 Å². The second-order valence-corrected chi connectivity index (χ2v) is 7.11. The highest BCUT2D eigenvalue weighted by Crippen LogP contribution is 2.24. The van der Waals surface area contributed by atoms with Crippen molar-refractivity contribution in [2.75, 3.05) is 5.75 Å². The second-order valence-electron chi connectivity index (χ2n) is 6.17. The molecule has 1 amide bonds. The van der Waals surface area contributed by atoms with Crippen molar-refractivity contribution in [2.24, 2.45) is 5.92 Å². The number of carbonyl (C=O) groups is 1. The van der Waals surface area contributed by atoms with Gasteiger partial charge in [0.2, 0.25) is 11.1 Å². The van der Waals surface area contributed by atoms with Crippen molar-refractivity contribution in [1.82, 2.24) is 20.5 Å². The van der Waals surface area contributed by atoms with E-state index < -0.39 is 0 Å². The van der Waals surface area contributed by atoms with E-state index in [4.69, 9.17) is 0 Å². The molecule has 128 valence electrons. The average Bonchev–Trinajstić information content (AvgIpc) is 3.04. The first-order valence-electron chi connectivity index (χ1n) is 8.23. The number of aromatic nitrogens is 3. The van der Waals surface area contributed by atoms with Gasteiger partial charge in [0.25, 0.3) is 0 Å². The monoisotopic (exact) mass is 348 g/mol. The van der Waals surface area contributed by atoms with Gasteiger partial charge >= 0.3 is 0 Å². The van der Waals surface area contributed by atoms with E-state index in [1.54, 1.807) is 18.2 Å². The smallest absolute Gasteiger partial charge is 0.230 e. The van der Waals surface area contributed by atoms with Gasteiger partial charge in [-0.3, -0.25) is 9.89 Å². The fourth-order valence-corrected chi connectivity index (χ4v) is 3.60. The Morgan fingerprint density at radius 2 is 2.17 bits per heavy atom. The third-order valence-electron chi connectivity index (χ3n) is 4.38. The first-order chi connectivity index (χ1) is 11.6. The second kappa shape index (κ2) is 7.79. The van der Waals surface area contributed by atoms with E-state index in [-0.39, 0.29) is 23.5 Å². The Bertz CT molecular complexity index is 705. The van der Waals surface area contributed by atoms with E-state index in [1.165, 1.54) is 37.1 Å². The maximum absolute atomic E-state index is 13.7. The maximum Gasteiger partial charge on any atom is 0.230 e. The third kappa shape index (κ3) is 4.14. The first kappa shape index (κ1) is 17.0. The van der Waals surface area contributed by atoms with Gasteiger partial charge in [-0.2, -0.15) is 0 Å². The lowest BCUT2D eigenvalue weighted by atomic mass is 9.86. The molecule has 1 aliphatic carbocycles. The van der Waals surface area contributed by atoms with E-state index >= 15 is 0 Å². The van der Waals surface area contributed by atoms with Gasteiger partial charge in [0.1, 0.15) is 5.82 Å². The Morgan fingerprint density at radius 1 is 1.38 bits per heavy atom. The Labute approximate surface area is 144 Å². The maximum atomic E-state index is 13.7. The predicted molar refractivity (Wildman–Crippen MR) is 92.1 cm³/mol. The number of rotatable bonds is 5. The van der Waals surface area contributed by atoms with Crippen LogP contribution in [-0.2, 0) is 4.79 Å². The van der Waals surface area contributed by atoms with Crippen LogP contribution in [0.5, 0.6) is 0 Å². The molecule has 5 nitrogen and oxygen atoms in total. The molecule has 1 aliphatic rings. The summed E-state index contributed by atoms with van der Waals surface area (Å²) in [6, 6.07) is 6.66. The molecule has 1 heterocycles. The van der Waals surface area contributed by atoms with Gasteiger partial charge < -0.3 is 5.32 Å². The molecule has 1 aromatic carbocycles. The molecule has 0 bridgehead atoms. The van der Waals surface area contributed by atoms with Gasteiger partial charge in [0, 0.05) is 6.04 Å². The average molecular weight is 348 g/mol. The number of benzene rings is 1. The highest BCUT2D eigenvalue weighted by molar-refractivity contribution is 7.99. The Morgan fingerprint density at radius 3 is 2.96 bits per heavy atom. The van der Waals surface area contributed by atoms with Crippen LogP contribution in [0.3, 0.4) is 0 Å².